The van der Waals surface area contributed by atoms with Gasteiger partial charge >= 0.3 is 0 Å². The second-order valence-electron chi connectivity index (χ2n) is 3.57. The van der Waals surface area contributed by atoms with E-state index >= 15 is 0 Å². The van der Waals surface area contributed by atoms with Crippen LogP contribution >= 0.6 is 12.2 Å². The molecule has 3 nitrogen and oxygen atoms in total. The molecular weight excluding hydrogens is 170 g/mol. The molecule has 0 aromatic rings. The second kappa shape index (κ2) is 3.09. The van der Waals surface area contributed by atoms with Crippen LogP contribution in [0.4, 0.5) is 0 Å². The van der Waals surface area contributed by atoms with E-state index in [2.05, 4.69) is 10.2 Å². The average Bonchev–Trinajstić information content (AvgIpc) is 2.64. The summed E-state index contributed by atoms with van der Waals surface area (Å²) in [7, 11) is 1.99. The summed E-state index contributed by atoms with van der Waals surface area (Å²) in [6.45, 7) is 0. The molecule has 0 N–H and O–H groups in total. The van der Waals surface area contributed by atoms with Gasteiger partial charge in [-0.25, -0.2) is 0 Å². The summed E-state index contributed by atoms with van der Waals surface area (Å²) < 4.78 is 0. The number of azo groups is 1. The highest BCUT2D eigenvalue weighted by Gasteiger charge is 2.32. The Kier molecular flexibility index (Phi) is 2.09. The van der Waals surface area contributed by atoms with Crippen LogP contribution in [0, 0.1) is 5.92 Å². The van der Waals surface area contributed by atoms with Crippen molar-refractivity contribution in [3.8, 4) is 0 Å². The van der Waals surface area contributed by atoms with Crippen molar-refractivity contribution in [1.29, 1.82) is 0 Å². The zero-order chi connectivity index (χ0) is 8.55. The van der Waals surface area contributed by atoms with Crippen LogP contribution < -0.4 is 0 Å². The standard InChI is InChI=1S/C8H13N3S/c1-11-7(9-10-8(11)12)6-4-2-3-5-6/h6-7H,2-5H2,1H3. The van der Waals surface area contributed by atoms with Crippen LogP contribution in [0.3, 0.4) is 0 Å². The molecule has 2 rings (SSSR count). The van der Waals surface area contributed by atoms with Gasteiger partial charge in [-0.3, -0.25) is 0 Å². The molecule has 12 heavy (non-hydrogen) atoms. The predicted molar refractivity (Wildman–Crippen MR) is 51.0 cm³/mol. The van der Waals surface area contributed by atoms with Gasteiger partial charge in [0.2, 0.25) is 5.11 Å². The number of nitrogens with zero attached hydrogens (tertiary/aromatic N) is 3. The van der Waals surface area contributed by atoms with Crippen molar-refractivity contribution in [1.82, 2.24) is 4.90 Å². The van der Waals surface area contributed by atoms with Crippen molar-refractivity contribution in [2.45, 2.75) is 31.8 Å². The molecule has 2 aliphatic rings. The van der Waals surface area contributed by atoms with Gasteiger partial charge in [0.15, 0.2) is 0 Å². The summed E-state index contributed by atoms with van der Waals surface area (Å²) in [5.41, 5.74) is 0. The molecule has 1 saturated carbocycles. The van der Waals surface area contributed by atoms with E-state index < -0.39 is 0 Å². The van der Waals surface area contributed by atoms with Crippen LogP contribution in [0.5, 0.6) is 0 Å². The molecule has 0 saturated heterocycles. The summed E-state index contributed by atoms with van der Waals surface area (Å²) in [5.74, 6) is 0.694. The van der Waals surface area contributed by atoms with Crippen molar-refractivity contribution in [2.75, 3.05) is 7.05 Å². The molecule has 0 aromatic carbocycles. The summed E-state index contributed by atoms with van der Waals surface area (Å²) in [6.07, 6.45) is 5.52. The molecule has 1 atom stereocenters. The molecule has 0 spiro atoms. The molecule has 0 amide bonds. The lowest BCUT2D eigenvalue weighted by molar-refractivity contribution is 0.284. The molecule has 1 aliphatic carbocycles. The number of rotatable bonds is 1. The van der Waals surface area contributed by atoms with Crippen LogP contribution in [0.15, 0.2) is 10.2 Å². The maximum absolute atomic E-state index is 5.02. The third-order valence-electron chi connectivity index (χ3n) is 2.78. The van der Waals surface area contributed by atoms with E-state index in [0.29, 0.717) is 11.0 Å². The summed E-state index contributed by atoms with van der Waals surface area (Å²) in [6, 6.07) is 0. The SMILES string of the molecule is CN1C(=S)N=NC1C1CCCC1. The van der Waals surface area contributed by atoms with Crippen molar-refractivity contribution in [2.24, 2.45) is 16.1 Å². The maximum atomic E-state index is 5.02. The predicted octanol–water partition coefficient (Wildman–Crippen LogP) is 2.19. The first-order valence-electron chi connectivity index (χ1n) is 4.46. The summed E-state index contributed by atoms with van der Waals surface area (Å²) >= 11 is 5.02. The molecule has 0 radical (unpaired) electrons. The van der Waals surface area contributed by atoms with Gasteiger partial charge in [-0.1, -0.05) is 12.8 Å². The Hall–Kier alpha value is -0.510. The first-order valence-corrected chi connectivity index (χ1v) is 4.87. The highest BCUT2D eigenvalue weighted by molar-refractivity contribution is 7.80. The fraction of sp³-hybridized carbons (Fsp3) is 0.875. The van der Waals surface area contributed by atoms with E-state index in [1.54, 1.807) is 0 Å². The lowest BCUT2D eigenvalue weighted by Gasteiger charge is -2.22. The van der Waals surface area contributed by atoms with Crippen molar-refractivity contribution in [3.63, 3.8) is 0 Å². The lowest BCUT2D eigenvalue weighted by atomic mass is 10.1. The number of hydrogen-bond acceptors (Lipinski definition) is 2. The third kappa shape index (κ3) is 1.24. The maximum Gasteiger partial charge on any atom is 0.217 e. The van der Waals surface area contributed by atoms with Gasteiger partial charge < -0.3 is 4.90 Å². The molecule has 1 fully saturated rings. The van der Waals surface area contributed by atoms with Gasteiger partial charge in [-0.15, -0.1) is 5.11 Å². The first kappa shape index (κ1) is 8.10. The molecule has 0 aromatic heterocycles. The van der Waals surface area contributed by atoms with Gasteiger partial charge in [0.05, 0.1) is 0 Å². The van der Waals surface area contributed by atoms with E-state index in [4.69, 9.17) is 12.2 Å². The third-order valence-corrected chi connectivity index (χ3v) is 3.15. The van der Waals surface area contributed by atoms with E-state index in [1.807, 2.05) is 11.9 Å². The van der Waals surface area contributed by atoms with Crippen molar-refractivity contribution in [3.05, 3.63) is 0 Å². The Morgan fingerprint density at radius 3 is 2.58 bits per heavy atom. The Morgan fingerprint density at radius 2 is 2.08 bits per heavy atom. The topological polar surface area (TPSA) is 28.0 Å². The molecule has 1 aliphatic heterocycles. The van der Waals surface area contributed by atoms with Crippen LogP contribution in [0.2, 0.25) is 0 Å². The lowest BCUT2D eigenvalue weighted by Crippen LogP contribution is -2.33. The minimum Gasteiger partial charge on any atom is -0.325 e. The molecule has 0 bridgehead atoms. The van der Waals surface area contributed by atoms with Crippen molar-refractivity contribution < 1.29 is 0 Å². The van der Waals surface area contributed by atoms with E-state index in [0.717, 1.165) is 0 Å². The van der Waals surface area contributed by atoms with E-state index in [1.165, 1.54) is 25.7 Å². The smallest absolute Gasteiger partial charge is 0.217 e. The van der Waals surface area contributed by atoms with Crippen molar-refractivity contribution >= 4 is 17.3 Å². The molecule has 1 unspecified atom stereocenters. The Balaban J connectivity index is 2.04. The van der Waals surface area contributed by atoms with Gasteiger partial charge in [0.25, 0.3) is 0 Å². The number of thiocarbonyl (C=S) groups is 1. The fourth-order valence-electron chi connectivity index (χ4n) is 2.04. The van der Waals surface area contributed by atoms with Crippen LogP contribution in [-0.4, -0.2) is 23.2 Å². The summed E-state index contributed by atoms with van der Waals surface area (Å²) in [4.78, 5) is 2.02. The zero-order valence-electron chi connectivity index (χ0n) is 7.23. The monoisotopic (exact) mass is 183 g/mol. The first-order chi connectivity index (χ1) is 5.79. The highest BCUT2D eigenvalue weighted by atomic mass is 32.1. The number of hydrogen-bond donors (Lipinski definition) is 0. The largest absolute Gasteiger partial charge is 0.325 e. The summed E-state index contributed by atoms with van der Waals surface area (Å²) in [5, 5.41) is 8.76. The Bertz CT molecular complexity index is 220. The molecule has 66 valence electrons. The Labute approximate surface area is 77.8 Å². The van der Waals surface area contributed by atoms with Gasteiger partial charge in [0, 0.05) is 13.0 Å². The molecular formula is C8H13N3S. The van der Waals surface area contributed by atoms with E-state index in [9.17, 15) is 0 Å². The van der Waals surface area contributed by atoms with Crippen LogP contribution in [0.1, 0.15) is 25.7 Å². The highest BCUT2D eigenvalue weighted by Crippen LogP contribution is 2.32. The fourth-order valence-corrected chi connectivity index (χ4v) is 2.19. The average molecular weight is 183 g/mol. The molecule has 1 heterocycles. The van der Waals surface area contributed by atoms with Crippen LogP contribution in [-0.2, 0) is 0 Å². The minimum absolute atomic E-state index is 0.250. The van der Waals surface area contributed by atoms with Crippen LogP contribution in [0.25, 0.3) is 0 Å². The zero-order valence-corrected chi connectivity index (χ0v) is 8.05. The normalized spacial score (nSPS) is 30.6. The second-order valence-corrected chi connectivity index (χ2v) is 3.93. The quantitative estimate of drug-likeness (QED) is 0.583. The van der Waals surface area contributed by atoms with E-state index in [-0.39, 0.29) is 6.17 Å². The van der Waals surface area contributed by atoms with Gasteiger partial charge in [0.1, 0.15) is 6.17 Å². The van der Waals surface area contributed by atoms with Gasteiger partial charge in [-0.05, 0) is 25.1 Å². The minimum atomic E-state index is 0.250. The molecule has 4 heteroatoms. The van der Waals surface area contributed by atoms with Gasteiger partial charge in [-0.2, -0.15) is 5.11 Å². The Morgan fingerprint density at radius 1 is 1.42 bits per heavy atom.